The molecule has 0 aliphatic rings. The van der Waals surface area contributed by atoms with Gasteiger partial charge in [-0.25, -0.2) is 0 Å². The molecule has 1 heterocycles. The van der Waals surface area contributed by atoms with Crippen molar-refractivity contribution in [2.24, 2.45) is 0 Å². The van der Waals surface area contributed by atoms with Gasteiger partial charge in [0.25, 0.3) is 5.91 Å². The highest BCUT2D eigenvalue weighted by atomic mass is 32.1. The number of rotatable bonds is 4. The van der Waals surface area contributed by atoms with Crippen molar-refractivity contribution >= 4 is 18.1 Å². The van der Waals surface area contributed by atoms with E-state index in [0.29, 0.717) is 12.3 Å². The van der Waals surface area contributed by atoms with Gasteiger partial charge in [-0.2, -0.15) is 0 Å². The van der Waals surface area contributed by atoms with Crippen LogP contribution in [0, 0.1) is 11.4 Å². The van der Waals surface area contributed by atoms with E-state index in [2.05, 4.69) is 17.4 Å². The summed E-state index contributed by atoms with van der Waals surface area (Å²) in [7, 11) is 0. The molecular weight excluding hydrogens is 334 g/mol. The molecule has 0 spiro atoms. The maximum atomic E-state index is 12.4. The second-order valence-electron chi connectivity index (χ2n) is 5.63. The molecule has 0 radical (unpaired) electrons. The van der Waals surface area contributed by atoms with Crippen molar-refractivity contribution in [1.29, 1.82) is 0 Å². The van der Waals surface area contributed by atoms with Crippen molar-refractivity contribution in [3.05, 3.63) is 82.3 Å². The van der Waals surface area contributed by atoms with Crippen LogP contribution in [0.2, 0.25) is 0 Å². The van der Waals surface area contributed by atoms with Crippen molar-refractivity contribution in [2.45, 2.75) is 13.5 Å². The highest BCUT2D eigenvalue weighted by molar-refractivity contribution is 7.71. The molecule has 4 nitrogen and oxygen atoms in total. The summed E-state index contributed by atoms with van der Waals surface area (Å²) >= 11 is 5.09. The second-order valence-corrected chi connectivity index (χ2v) is 6.04. The number of amides is 1. The molecule has 0 aliphatic carbocycles. The average Bonchev–Trinajstić information content (AvgIpc) is 2.64. The lowest BCUT2D eigenvalue weighted by atomic mass is 10.0. The molecule has 3 aromatic rings. The zero-order valence-corrected chi connectivity index (χ0v) is 14.5. The quantitative estimate of drug-likeness (QED) is 0.673. The van der Waals surface area contributed by atoms with Crippen molar-refractivity contribution in [3.63, 3.8) is 0 Å². The third kappa shape index (κ3) is 3.78. The first kappa shape index (κ1) is 16.9. The Labute approximate surface area is 150 Å². The zero-order chi connectivity index (χ0) is 17.8. The van der Waals surface area contributed by atoms with E-state index < -0.39 is 0 Å². The van der Waals surface area contributed by atoms with Gasteiger partial charge >= 0.3 is 0 Å². The summed E-state index contributed by atoms with van der Waals surface area (Å²) in [5.74, 6) is -0.202. The number of hydrogen-bond donors (Lipinski definition) is 2. The van der Waals surface area contributed by atoms with Gasteiger partial charge in [0.15, 0.2) is 5.75 Å². The van der Waals surface area contributed by atoms with E-state index in [1.54, 1.807) is 6.92 Å². The molecule has 1 amide bonds. The number of benzene rings is 2. The monoisotopic (exact) mass is 351 g/mol. The molecule has 0 saturated heterocycles. The number of aryl methyl sites for hydroxylation is 1. The molecular formula is C20H17NO3S. The van der Waals surface area contributed by atoms with Crippen LogP contribution in [0.15, 0.2) is 65.3 Å². The Bertz CT molecular complexity index is 947. The summed E-state index contributed by atoms with van der Waals surface area (Å²) in [6, 6.07) is 18.1. The van der Waals surface area contributed by atoms with Gasteiger partial charge in [-0.3, -0.25) is 4.79 Å². The second kappa shape index (κ2) is 7.32. The van der Waals surface area contributed by atoms with Gasteiger partial charge in [0, 0.05) is 6.54 Å². The predicted molar refractivity (Wildman–Crippen MR) is 99.0 cm³/mol. The van der Waals surface area contributed by atoms with E-state index in [1.165, 1.54) is 0 Å². The van der Waals surface area contributed by atoms with E-state index in [0.717, 1.165) is 23.0 Å². The lowest BCUT2D eigenvalue weighted by Crippen LogP contribution is -2.24. The van der Waals surface area contributed by atoms with Gasteiger partial charge in [-0.05, 0) is 23.6 Å². The normalized spacial score (nSPS) is 10.4. The maximum Gasteiger partial charge on any atom is 0.256 e. The van der Waals surface area contributed by atoms with E-state index in [1.807, 2.05) is 42.5 Å². The molecule has 2 N–H and O–H groups in total. The molecule has 1 aromatic heterocycles. The van der Waals surface area contributed by atoms with E-state index in [-0.39, 0.29) is 21.7 Å². The molecule has 0 unspecified atom stereocenters. The topological polar surface area (TPSA) is 62.5 Å². The van der Waals surface area contributed by atoms with Gasteiger partial charge in [0.05, 0.1) is 10.1 Å². The molecule has 0 atom stereocenters. The summed E-state index contributed by atoms with van der Waals surface area (Å²) in [5.41, 5.74) is 3.42. The first-order valence-electron chi connectivity index (χ1n) is 7.80. The Kier molecular flexibility index (Phi) is 4.95. The number of nitrogens with one attached hydrogen (secondary N) is 1. The van der Waals surface area contributed by atoms with Crippen LogP contribution in [-0.4, -0.2) is 11.0 Å². The van der Waals surface area contributed by atoms with Crippen LogP contribution in [-0.2, 0) is 6.54 Å². The minimum atomic E-state index is -0.366. The number of carbonyl (C=O) groups excluding carboxylic acids is 1. The Morgan fingerprint density at radius 1 is 1.08 bits per heavy atom. The molecule has 0 saturated carbocycles. The zero-order valence-electron chi connectivity index (χ0n) is 13.7. The van der Waals surface area contributed by atoms with Gasteiger partial charge in [-0.1, -0.05) is 66.8 Å². The largest absolute Gasteiger partial charge is 0.504 e. The lowest BCUT2D eigenvalue weighted by molar-refractivity contribution is 0.0946. The average molecular weight is 351 g/mol. The molecule has 0 fully saturated rings. The van der Waals surface area contributed by atoms with Gasteiger partial charge in [0.2, 0.25) is 0 Å². The van der Waals surface area contributed by atoms with Crippen LogP contribution in [0.25, 0.3) is 11.1 Å². The smallest absolute Gasteiger partial charge is 0.256 e. The summed E-state index contributed by atoms with van der Waals surface area (Å²) in [6.45, 7) is 2.00. The van der Waals surface area contributed by atoms with Gasteiger partial charge in [0.1, 0.15) is 12.0 Å². The van der Waals surface area contributed by atoms with Crippen LogP contribution in [0.3, 0.4) is 0 Å². The SMILES string of the molecule is Cc1occ(O)c(=S)c1C(=O)NCc1ccc(-c2ccccc2)cc1. The van der Waals surface area contributed by atoms with Crippen molar-refractivity contribution < 1.29 is 14.3 Å². The van der Waals surface area contributed by atoms with Crippen LogP contribution in [0.4, 0.5) is 0 Å². The Morgan fingerprint density at radius 3 is 2.40 bits per heavy atom. The molecule has 25 heavy (non-hydrogen) atoms. The maximum absolute atomic E-state index is 12.4. The van der Waals surface area contributed by atoms with Crippen LogP contribution in [0.1, 0.15) is 21.7 Å². The summed E-state index contributed by atoms with van der Waals surface area (Å²) < 4.78 is 5.23. The fourth-order valence-corrected chi connectivity index (χ4v) is 2.81. The molecule has 0 bridgehead atoms. The number of aromatic hydroxyl groups is 1. The van der Waals surface area contributed by atoms with Gasteiger partial charge < -0.3 is 14.8 Å². The van der Waals surface area contributed by atoms with Crippen molar-refractivity contribution in [2.75, 3.05) is 0 Å². The van der Waals surface area contributed by atoms with Crippen LogP contribution in [0.5, 0.6) is 5.75 Å². The summed E-state index contributed by atoms with van der Waals surface area (Å²) in [5, 5.41) is 12.4. The van der Waals surface area contributed by atoms with Crippen LogP contribution < -0.4 is 5.32 Å². The highest BCUT2D eigenvalue weighted by Gasteiger charge is 2.15. The Hall–Kier alpha value is -2.92. The number of carbonyl (C=O) groups is 1. The molecule has 0 aliphatic heterocycles. The van der Waals surface area contributed by atoms with Crippen LogP contribution >= 0.6 is 12.2 Å². The summed E-state index contributed by atoms with van der Waals surface area (Å²) in [4.78, 5) is 12.4. The Morgan fingerprint density at radius 2 is 1.72 bits per heavy atom. The van der Waals surface area contributed by atoms with E-state index in [4.69, 9.17) is 16.6 Å². The molecule has 126 valence electrons. The van der Waals surface area contributed by atoms with E-state index >= 15 is 0 Å². The first-order chi connectivity index (χ1) is 12.1. The third-order valence-electron chi connectivity index (χ3n) is 3.90. The minimum absolute atomic E-state index is 0.0978. The van der Waals surface area contributed by atoms with E-state index in [9.17, 15) is 9.90 Å². The lowest BCUT2D eigenvalue weighted by Gasteiger charge is -2.09. The van der Waals surface area contributed by atoms with Crippen molar-refractivity contribution in [3.8, 4) is 16.9 Å². The number of hydrogen-bond acceptors (Lipinski definition) is 4. The Balaban J connectivity index is 1.71. The molecule has 5 heteroatoms. The predicted octanol–water partition coefficient (Wildman–Crippen LogP) is 4.62. The van der Waals surface area contributed by atoms with Gasteiger partial charge in [-0.15, -0.1) is 0 Å². The summed E-state index contributed by atoms with van der Waals surface area (Å²) in [6.07, 6.45) is 1.14. The fraction of sp³-hybridized carbons (Fsp3) is 0.100. The minimum Gasteiger partial charge on any atom is -0.504 e. The molecule has 3 rings (SSSR count). The third-order valence-corrected chi connectivity index (χ3v) is 4.31. The fourth-order valence-electron chi connectivity index (χ4n) is 2.52. The first-order valence-corrected chi connectivity index (χ1v) is 8.21. The highest BCUT2D eigenvalue weighted by Crippen LogP contribution is 2.21. The standard InChI is InChI=1S/C20H17NO3S/c1-13-18(19(25)17(22)12-24-13)20(23)21-11-14-7-9-16(10-8-14)15-5-3-2-4-6-15/h2-10,12,22H,11H2,1H3,(H,21,23). The molecule has 2 aromatic carbocycles. The van der Waals surface area contributed by atoms with Crippen molar-refractivity contribution in [1.82, 2.24) is 5.32 Å².